The summed E-state index contributed by atoms with van der Waals surface area (Å²) < 4.78 is 13.6. The molecule has 0 aliphatic carbocycles. The lowest BCUT2D eigenvalue weighted by Crippen LogP contribution is -2.07. The number of pyridine rings is 1. The summed E-state index contributed by atoms with van der Waals surface area (Å²) in [7, 11) is 0. The largest absolute Gasteiger partial charge is 0.382 e. The molecular weight excluding hydrogens is 249 g/mol. The molecule has 2 rings (SSSR count). The molecule has 5 nitrogen and oxygen atoms in total. The van der Waals surface area contributed by atoms with Gasteiger partial charge in [-0.15, -0.1) is 0 Å². The van der Waals surface area contributed by atoms with E-state index < -0.39 is 10.7 Å². The van der Waals surface area contributed by atoms with Gasteiger partial charge in [-0.25, -0.2) is 4.39 Å². The van der Waals surface area contributed by atoms with Crippen molar-refractivity contribution in [3.05, 3.63) is 64.2 Å². The zero-order valence-electron chi connectivity index (χ0n) is 10.0. The summed E-state index contributed by atoms with van der Waals surface area (Å²) in [5, 5.41) is 13.4. The maximum Gasteiger partial charge on any atom is 0.272 e. The van der Waals surface area contributed by atoms with E-state index in [4.69, 9.17) is 0 Å². The van der Waals surface area contributed by atoms with Gasteiger partial charge in [0.2, 0.25) is 0 Å². The first kappa shape index (κ1) is 12.9. The molecule has 0 fully saturated rings. The highest BCUT2D eigenvalue weighted by Crippen LogP contribution is 2.20. The predicted molar refractivity (Wildman–Crippen MR) is 69.5 cm³/mol. The molecule has 19 heavy (non-hydrogen) atoms. The summed E-state index contributed by atoms with van der Waals surface area (Å²) in [6.07, 6.45) is 2.35. The molecule has 1 aromatic heterocycles. The van der Waals surface area contributed by atoms with Gasteiger partial charge in [-0.05, 0) is 18.2 Å². The van der Waals surface area contributed by atoms with Gasteiger partial charge >= 0.3 is 0 Å². The molecule has 0 aliphatic heterocycles. The van der Waals surface area contributed by atoms with Gasteiger partial charge in [-0.3, -0.25) is 15.1 Å². The molecule has 1 heterocycles. The van der Waals surface area contributed by atoms with Crippen molar-refractivity contribution in [3.8, 4) is 0 Å². The van der Waals surface area contributed by atoms with Crippen LogP contribution >= 0.6 is 0 Å². The average molecular weight is 261 g/mol. The van der Waals surface area contributed by atoms with E-state index >= 15 is 0 Å². The van der Waals surface area contributed by atoms with Gasteiger partial charge in [-0.1, -0.05) is 6.07 Å². The van der Waals surface area contributed by atoms with Crippen molar-refractivity contribution in [2.24, 2.45) is 0 Å². The van der Waals surface area contributed by atoms with Crippen LogP contribution in [-0.2, 0) is 6.42 Å². The van der Waals surface area contributed by atoms with Crippen LogP contribution in [0.3, 0.4) is 0 Å². The van der Waals surface area contributed by atoms with Crippen LogP contribution in [-0.4, -0.2) is 16.5 Å². The number of benzene rings is 1. The average Bonchev–Trinajstić information content (AvgIpc) is 2.41. The maximum atomic E-state index is 13.6. The quantitative estimate of drug-likeness (QED) is 0.663. The smallest absolute Gasteiger partial charge is 0.272 e. The third-order valence-corrected chi connectivity index (χ3v) is 2.59. The van der Waals surface area contributed by atoms with Gasteiger partial charge < -0.3 is 5.32 Å². The van der Waals surface area contributed by atoms with Crippen LogP contribution in [0.2, 0.25) is 0 Å². The van der Waals surface area contributed by atoms with E-state index in [1.54, 1.807) is 6.20 Å². The number of nitrogens with one attached hydrogen (secondary N) is 1. The second-order valence-electron chi connectivity index (χ2n) is 3.92. The highest BCUT2D eigenvalue weighted by atomic mass is 19.1. The summed E-state index contributed by atoms with van der Waals surface area (Å²) in [5.41, 5.74) is 0.895. The zero-order chi connectivity index (χ0) is 13.7. The summed E-state index contributed by atoms with van der Waals surface area (Å²) >= 11 is 0. The SMILES string of the molecule is O=[N+]([O-])c1ccc(NCCc2ccccn2)c(F)c1. The molecule has 0 spiro atoms. The summed E-state index contributed by atoms with van der Waals surface area (Å²) in [6.45, 7) is 0.506. The molecule has 1 N–H and O–H groups in total. The van der Waals surface area contributed by atoms with Crippen LogP contribution in [0.1, 0.15) is 5.69 Å². The molecule has 6 heteroatoms. The molecule has 0 amide bonds. The Morgan fingerprint density at radius 1 is 1.32 bits per heavy atom. The first-order valence-corrected chi connectivity index (χ1v) is 5.74. The van der Waals surface area contributed by atoms with Gasteiger partial charge in [0.25, 0.3) is 5.69 Å². The molecule has 98 valence electrons. The zero-order valence-corrected chi connectivity index (χ0v) is 10.0. The van der Waals surface area contributed by atoms with E-state index in [9.17, 15) is 14.5 Å². The van der Waals surface area contributed by atoms with Crippen LogP contribution in [0.15, 0.2) is 42.6 Å². The lowest BCUT2D eigenvalue weighted by Gasteiger charge is -2.06. The van der Waals surface area contributed by atoms with Crippen LogP contribution in [0.25, 0.3) is 0 Å². The van der Waals surface area contributed by atoms with E-state index in [2.05, 4.69) is 10.3 Å². The molecule has 0 bridgehead atoms. The van der Waals surface area contributed by atoms with Crippen molar-refractivity contribution in [1.82, 2.24) is 4.98 Å². The van der Waals surface area contributed by atoms with Gasteiger partial charge in [0.15, 0.2) is 5.82 Å². The second-order valence-corrected chi connectivity index (χ2v) is 3.92. The predicted octanol–water partition coefficient (Wildman–Crippen LogP) is 2.78. The van der Waals surface area contributed by atoms with Crippen molar-refractivity contribution in [2.75, 3.05) is 11.9 Å². The number of anilines is 1. The van der Waals surface area contributed by atoms with E-state index in [0.29, 0.717) is 13.0 Å². The third kappa shape index (κ3) is 3.48. The number of hydrogen-bond donors (Lipinski definition) is 1. The molecule has 0 saturated heterocycles. The number of rotatable bonds is 5. The fraction of sp³-hybridized carbons (Fsp3) is 0.154. The molecule has 0 atom stereocenters. The first-order chi connectivity index (χ1) is 9.16. The van der Waals surface area contributed by atoms with Crippen LogP contribution in [0, 0.1) is 15.9 Å². The standard InChI is InChI=1S/C13H12FN3O2/c14-12-9-11(17(18)19)4-5-13(12)16-8-6-10-3-1-2-7-15-10/h1-5,7,9,16H,6,8H2. The van der Waals surface area contributed by atoms with Crippen molar-refractivity contribution < 1.29 is 9.31 Å². The Kier molecular flexibility index (Phi) is 4.02. The molecular formula is C13H12FN3O2. The number of nitro benzene ring substituents is 1. The first-order valence-electron chi connectivity index (χ1n) is 5.74. The molecule has 0 saturated carbocycles. The highest BCUT2D eigenvalue weighted by Gasteiger charge is 2.10. The third-order valence-electron chi connectivity index (χ3n) is 2.59. The highest BCUT2D eigenvalue weighted by molar-refractivity contribution is 5.50. The summed E-state index contributed by atoms with van der Waals surface area (Å²) in [5.74, 6) is -0.629. The Hall–Kier alpha value is -2.50. The minimum absolute atomic E-state index is 0.251. The van der Waals surface area contributed by atoms with Crippen molar-refractivity contribution in [1.29, 1.82) is 0 Å². The van der Waals surface area contributed by atoms with Crippen LogP contribution < -0.4 is 5.32 Å². The monoisotopic (exact) mass is 261 g/mol. The van der Waals surface area contributed by atoms with Crippen LogP contribution in [0.5, 0.6) is 0 Å². The van der Waals surface area contributed by atoms with E-state index in [1.165, 1.54) is 12.1 Å². The summed E-state index contributed by atoms with van der Waals surface area (Å²) in [4.78, 5) is 14.0. The van der Waals surface area contributed by atoms with E-state index in [0.717, 1.165) is 11.8 Å². The Bertz CT molecular complexity index is 575. The molecule has 0 radical (unpaired) electrons. The lowest BCUT2D eigenvalue weighted by molar-refractivity contribution is -0.385. The van der Waals surface area contributed by atoms with Gasteiger partial charge in [0.05, 0.1) is 16.7 Å². The lowest BCUT2D eigenvalue weighted by atomic mass is 10.2. The Morgan fingerprint density at radius 2 is 2.16 bits per heavy atom. The number of hydrogen-bond acceptors (Lipinski definition) is 4. The minimum atomic E-state index is -0.629. The van der Waals surface area contributed by atoms with Gasteiger partial charge in [0, 0.05) is 30.9 Å². The Morgan fingerprint density at radius 3 is 2.79 bits per heavy atom. The molecule has 2 aromatic rings. The Labute approximate surface area is 109 Å². The van der Waals surface area contributed by atoms with Crippen molar-refractivity contribution in [3.63, 3.8) is 0 Å². The molecule has 1 aromatic carbocycles. The van der Waals surface area contributed by atoms with Gasteiger partial charge in [-0.2, -0.15) is 0 Å². The number of aromatic nitrogens is 1. The van der Waals surface area contributed by atoms with Crippen LogP contribution in [0.4, 0.5) is 15.8 Å². The number of non-ortho nitro benzene ring substituents is 1. The Balaban J connectivity index is 1.95. The summed E-state index contributed by atoms with van der Waals surface area (Å²) in [6, 6.07) is 9.14. The second kappa shape index (κ2) is 5.90. The van der Waals surface area contributed by atoms with Gasteiger partial charge in [0.1, 0.15) is 0 Å². The number of nitro groups is 1. The van der Waals surface area contributed by atoms with E-state index in [1.807, 2.05) is 18.2 Å². The number of nitrogens with zero attached hydrogens (tertiary/aromatic N) is 2. The molecule has 0 aliphatic rings. The molecule has 0 unspecified atom stereocenters. The fourth-order valence-corrected chi connectivity index (χ4v) is 1.63. The van der Waals surface area contributed by atoms with Crippen molar-refractivity contribution >= 4 is 11.4 Å². The van der Waals surface area contributed by atoms with E-state index in [-0.39, 0.29) is 11.4 Å². The maximum absolute atomic E-state index is 13.6. The fourth-order valence-electron chi connectivity index (χ4n) is 1.63. The minimum Gasteiger partial charge on any atom is -0.382 e. The van der Waals surface area contributed by atoms with Crippen molar-refractivity contribution in [2.45, 2.75) is 6.42 Å². The number of halogens is 1. The normalized spacial score (nSPS) is 10.2. The topological polar surface area (TPSA) is 68.1 Å².